The summed E-state index contributed by atoms with van der Waals surface area (Å²) in [6.45, 7) is 0. The summed E-state index contributed by atoms with van der Waals surface area (Å²) >= 11 is 0. The number of primary amides is 1. The van der Waals surface area contributed by atoms with Gasteiger partial charge in [-0.05, 0) is 37.7 Å². The lowest BCUT2D eigenvalue weighted by Gasteiger charge is -2.40. The molecule has 82 valence electrons. The van der Waals surface area contributed by atoms with Crippen molar-refractivity contribution >= 4 is 5.91 Å². The van der Waals surface area contributed by atoms with Gasteiger partial charge in [0.15, 0.2) is 0 Å². The maximum atomic E-state index is 11.1. The van der Waals surface area contributed by atoms with Gasteiger partial charge in [-0.15, -0.1) is 0 Å². The van der Waals surface area contributed by atoms with E-state index >= 15 is 0 Å². The lowest BCUT2D eigenvalue weighted by atomic mass is 9.79. The molecule has 1 amide bonds. The lowest BCUT2D eigenvalue weighted by Crippen LogP contribution is -2.49. The van der Waals surface area contributed by atoms with E-state index in [1.54, 1.807) is 0 Å². The maximum absolute atomic E-state index is 11.1. The second kappa shape index (κ2) is 3.23. The average Bonchev–Trinajstić information content (AvgIpc) is 2.85. The number of hydrogen-bond acceptors (Lipinski definition) is 3. The first-order valence-electron chi connectivity index (χ1n) is 5.68. The van der Waals surface area contributed by atoms with E-state index in [-0.39, 0.29) is 24.0 Å². The standard InChI is InChI=1S/C11H16N2O2/c12-11(14)8-3-4-9(8)13-6-5-10(15-13)7-1-2-7/h5-10H,1-4H2,(H2,12,14). The summed E-state index contributed by atoms with van der Waals surface area (Å²) in [6.07, 6.45) is 8.78. The minimum absolute atomic E-state index is 0.0207. The predicted octanol–water partition coefficient (Wildman–Crippen LogP) is 0.790. The Morgan fingerprint density at radius 3 is 2.67 bits per heavy atom. The van der Waals surface area contributed by atoms with Crippen LogP contribution in [0.25, 0.3) is 0 Å². The first-order chi connectivity index (χ1) is 7.25. The number of amides is 1. The van der Waals surface area contributed by atoms with Crippen molar-refractivity contribution in [2.45, 2.75) is 37.8 Å². The first kappa shape index (κ1) is 9.21. The minimum Gasteiger partial charge on any atom is -0.369 e. The van der Waals surface area contributed by atoms with Crippen LogP contribution in [-0.2, 0) is 9.63 Å². The minimum atomic E-state index is -0.196. The molecular formula is C11H16N2O2. The Labute approximate surface area is 89.0 Å². The van der Waals surface area contributed by atoms with Gasteiger partial charge in [0.25, 0.3) is 0 Å². The molecule has 4 nitrogen and oxygen atoms in total. The third-order valence-electron chi connectivity index (χ3n) is 3.68. The Kier molecular flexibility index (Phi) is 1.99. The number of nitrogens with zero attached hydrogens (tertiary/aromatic N) is 1. The van der Waals surface area contributed by atoms with Gasteiger partial charge in [-0.2, -0.15) is 0 Å². The fourth-order valence-electron chi connectivity index (χ4n) is 2.36. The van der Waals surface area contributed by atoms with Crippen molar-refractivity contribution in [3.8, 4) is 0 Å². The van der Waals surface area contributed by atoms with E-state index in [9.17, 15) is 4.79 Å². The fraction of sp³-hybridized carbons (Fsp3) is 0.727. The number of carbonyl (C=O) groups excluding carboxylic acids is 1. The molecule has 15 heavy (non-hydrogen) atoms. The molecule has 4 heteroatoms. The van der Waals surface area contributed by atoms with Gasteiger partial charge in [-0.3, -0.25) is 14.7 Å². The van der Waals surface area contributed by atoms with E-state index in [2.05, 4.69) is 6.08 Å². The number of hydroxylamine groups is 2. The largest absolute Gasteiger partial charge is 0.369 e. The molecule has 0 spiro atoms. The van der Waals surface area contributed by atoms with Crippen molar-refractivity contribution in [2.75, 3.05) is 0 Å². The zero-order chi connectivity index (χ0) is 10.4. The van der Waals surface area contributed by atoms with Crippen molar-refractivity contribution in [2.24, 2.45) is 17.6 Å². The molecule has 2 saturated carbocycles. The smallest absolute Gasteiger partial charge is 0.222 e. The molecular weight excluding hydrogens is 192 g/mol. The molecule has 3 atom stereocenters. The highest BCUT2D eigenvalue weighted by molar-refractivity contribution is 5.78. The average molecular weight is 208 g/mol. The molecule has 0 saturated heterocycles. The summed E-state index contributed by atoms with van der Waals surface area (Å²) < 4.78 is 0. The fourth-order valence-corrected chi connectivity index (χ4v) is 2.36. The highest BCUT2D eigenvalue weighted by Crippen LogP contribution is 2.40. The van der Waals surface area contributed by atoms with Crippen LogP contribution in [-0.4, -0.2) is 23.1 Å². The molecule has 0 aromatic heterocycles. The number of carbonyl (C=O) groups is 1. The van der Waals surface area contributed by atoms with Crippen molar-refractivity contribution in [3.63, 3.8) is 0 Å². The Bertz CT molecular complexity index is 312. The van der Waals surface area contributed by atoms with Gasteiger partial charge in [-0.25, -0.2) is 0 Å². The number of rotatable bonds is 3. The Morgan fingerprint density at radius 2 is 2.13 bits per heavy atom. The van der Waals surface area contributed by atoms with Crippen LogP contribution in [0.3, 0.4) is 0 Å². The number of nitrogens with two attached hydrogens (primary N) is 1. The molecule has 2 aliphatic carbocycles. The molecule has 1 heterocycles. The second-order valence-corrected chi connectivity index (χ2v) is 4.76. The van der Waals surface area contributed by atoms with Crippen molar-refractivity contribution in [1.29, 1.82) is 0 Å². The predicted molar refractivity (Wildman–Crippen MR) is 54.3 cm³/mol. The summed E-state index contributed by atoms with van der Waals surface area (Å²) in [5.41, 5.74) is 5.32. The first-order valence-corrected chi connectivity index (χ1v) is 5.68. The normalized spacial score (nSPS) is 39.2. The third kappa shape index (κ3) is 1.53. The molecule has 3 aliphatic rings. The Hall–Kier alpha value is -1.03. The van der Waals surface area contributed by atoms with Gasteiger partial charge in [-0.1, -0.05) is 0 Å². The van der Waals surface area contributed by atoms with Gasteiger partial charge in [0, 0.05) is 6.20 Å². The SMILES string of the molecule is NC(=O)C1CCC1N1C=CC(C2CC2)O1. The van der Waals surface area contributed by atoms with Crippen molar-refractivity contribution in [3.05, 3.63) is 12.3 Å². The summed E-state index contributed by atoms with van der Waals surface area (Å²) in [6, 6.07) is 0.183. The summed E-state index contributed by atoms with van der Waals surface area (Å²) in [5, 5.41) is 1.85. The van der Waals surface area contributed by atoms with Crippen LogP contribution in [0.1, 0.15) is 25.7 Å². The van der Waals surface area contributed by atoms with Crippen LogP contribution in [0, 0.1) is 11.8 Å². The van der Waals surface area contributed by atoms with E-state index in [1.807, 2.05) is 11.3 Å². The highest BCUT2D eigenvalue weighted by Gasteiger charge is 2.43. The van der Waals surface area contributed by atoms with Crippen LogP contribution in [0.15, 0.2) is 12.3 Å². The van der Waals surface area contributed by atoms with Crippen LogP contribution in [0.2, 0.25) is 0 Å². The maximum Gasteiger partial charge on any atom is 0.222 e. The number of hydrogen-bond donors (Lipinski definition) is 1. The van der Waals surface area contributed by atoms with E-state index in [0.717, 1.165) is 12.8 Å². The lowest BCUT2D eigenvalue weighted by molar-refractivity contribution is -0.191. The topological polar surface area (TPSA) is 55.6 Å². The monoisotopic (exact) mass is 208 g/mol. The molecule has 0 radical (unpaired) electrons. The summed E-state index contributed by atoms with van der Waals surface area (Å²) in [5.74, 6) is 0.490. The summed E-state index contributed by atoms with van der Waals surface area (Å²) in [4.78, 5) is 16.9. The van der Waals surface area contributed by atoms with Gasteiger partial charge in [0.1, 0.15) is 6.10 Å². The van der Waals surface area contributed by atoms with Gasteiger partial charge >= 0.3 is 0 Å². The van der Waals surface area contributed by atoms with Crippen molar-refractivity contribution in [1.82, 2.24) is 5.06 Å². The third-order valence-corrected chi connectivity index (χ3v) is 3.68. The molecule has 2 N–H and O–H groups in total. The molecule has 3 rings (SSSR count). The second-order valence-electron chi connectivity index (χ2n) is 4.76. The quantitative estimate of drug-likeness (QED) is 0.746. The van der Waals surface area contributed by atoms with Crippen LogP contribution >= 0.6 is 0 Å². The van der Waals surface area contributed by atoms with Gasteiger partial charge < -0.3 is 5.73 Å². The molecule has 0 aromatic carbocycles. The van der Waals surface area contributed by atoms with Crippen LogP contribution in [0.5, 0.6) is 0 Å². The van der Waals surface area contributed by atoms with E-state index in [0.29, 0.717) is 5.92 Å². The molecule has 3 unspecified atom stereocenters. The molecule has 1 aliphatic heterocycles. The Balaban J connectivity index is 1.60. The van der Waals surface area contributed by atoms with Gasteiger partial charge in [0.05, 0.1) is 12.0 Å². The van der Waals surface area contributed by atoms with Crippen LogP contribution in [0.4, 0.5) is 0 Å². The van der Waals surface area contributed by atoms with E-state index in [1.165, 1.54) is 12.8 Å². The zero-order valence-electron chi connectivity index (χ0n) is 8.63. The van der Waals surface area contributed by atoms with Crippen molar-refractivity contribution < 1.29 is 9.63 Å². The zero-order valence-corrected chi connectivity index (χ0v) is 8.63. The highest BCUT2D eigenvalue weighted by atomic mass is 16.7. The Morgan fingerprint density at radius 1 is 1.33 bits per heavy atom. The van der Waals surface area contributed by atoms with E-state index in [4.69, 9.17) is 10.6 Å². The van der Waals surface area contributed by atoms with E-state index < -0.39 is 0 Å². The molecule has 2 fully saturated rings. The summed E-state index contributed by atoms with van der Waals surface area (Å²) in [7, 11) is 0. The van der Waals surface area contributed by atoms with Crippen LogP contribution < -0.4 is 5.73 Å². The van der Waals surface area contributed by atoms with Gasteiger partial charge in [0.2, 0.25) is 5.91 Å². The molecule has 0 bridgehead atoms. The molecule has 0 aromatic rings.